The zero-order valence-corrected chi connectivity index (χ0v) is 16.6. The topological polar surface area (TPSA) is 47.6 Å². The molecular formula is C24H29NO3. The molecule has 28 heavy (non-hydrogen) atoms. The minimum absolute atomic E-state index is 0.0392. The molecule has 4 rings (SSSR count). The van der Waals surface area contributed by atoms with Gasteiger partial charge < -0.3 is 14.8 Å². The second-order valence-corrected chi connectivity index (χ2v) is 7.68. The Bertz CT molecular complexity index is 840. The van der Waals surface area contributed by atoms with Crippen LogP contribution in [0.4, 0.5) is 0 Å². The van der Waals surface area contributed by atoms with Gasteiger partial charge in [0, 0.05) is 11.6 Å². The predicted molar refractivity (Wildman–Crippen MR) is 111 cm³/mol. The van der Waals surface area contributed by atoms with E-state index in [1.165, 1.54) is 19.3 Å². The zero-order chi connectivity index (χ0) is 19.3. The number of carbonyl (C=O) groups excluding carboxylic acids is 1. The third-order valence-electron chi connectivity index (χ3n) is 5.69. The average Bonchev–Trinajstić information content (AvgIpc) is 3.03. The van der Waals surface area contributed by atoms with Crippen LogP contribution in [0.2, 0.25) is 0 Å². The highest BCUT2D eigenvalue weighted by Crippen LogP contribution is 2.45. The number of hydrogen-bond acceptors (Lipinski definition) is 4. The highest BCUT2D eigenvalue weighted by molar-refractivity contribution is 6.23. The summed E-state index contributed by atoms with van der Waals surface area (Å²) in [6, 6.07) is 12.2. The van der Waals surface area contributed by atoms with E-state index in [0.29, 0.717) is 36.3 Å². The van der Waals surface area contributed by atoms with Crippen LogP contribution in [0.25, 0.3) is 11.1 Å². The smallest absolute Gasteiger partial charge is 0.198 e. The number of nitrogens with one attached hydrogen (secondary N) is 1. The molecule has 148 valence electrons. The Labute approximate surface area is 167 Å². The third kappa shape index (κ3) is 3.79. The lowest BCUT2D eigenvalue weighted by atomic mass is 10.0. The van der Waals surface area contributed by atoms with Crippen LogP contribution < -0.4 is 14.8 Å². The molecule has 1 aliphatic carbocycles. The summed E-state index contributed by atoms with van der Waals surface area (Å²) in [6.07, 6.45) is 6.72. The number of ether oxygens (including phenoxy) is 2. The highest BCUT2D eigenvalue weighted by atomic mass is 16.5. The van der Waals surface area contributed by atoms with Crippen molar-refractivity contribution in [1.29, 1.82) is 0 Å². The molecule has 0 bridgehead atoms. The predicted octanol–water partition coefficient (Wildman–Crippen LogP) is 4.99. The molecular weight excluding hydrogens is 350 g/mol. The van der Waals surface area contributed by atoms with Crippen molar-refractivity contribution in [1.82, 2.24) is 5.32 Å². The molecule has 2 aromatic carbocycles. The van der Waals surface area contributed by atoms with Gasteiger partial charge in [-0.1, -0.05) is 44.0 Å². The van der Waals surface area contributed by atoms with E-state index >= 15 is 0 Å². The molecule has 0 radical (unpaired) electrons. The molecule has 1 saturated heterocycles. The molecule has 1 fully saturated rings. The molecule has 0 aromatic heterocycles. The first kappa shape index (κ1) is 19.0. The van der Waals surface area contributed by atoms with Crippen molar-refractivity contribution >= 4 is 5.78 Å². The van der Waals surface area contributed by atoms with Crippen LogP contribution in [-0.4, -0.2) is 31.6 Å². The number of hydrogen-bond donors (Lipinski definition) is 1. The number of ketones is 1. The maximum absolute atomic E-state index is 13.1. The van der Waals surface area contributed by atoms with Gasteiger partial charge in [-0.25, -0.2) is 0 Å². The second-order valence-electron chi connectivity index (χ2n) is 7.68. The zero-order valence-electron chi connectivity index (χ0n) is 16.6. The van der Waals surface area contributed by atoms with Crippen LogP contribution in [0, 0.1) is 0 Å². The summed E-state index contributed by atoms with van der Waals surface area (Å²) < 4.78 is 12.2. The van der Waals surface area contributed by atoms with Crippen LogP contribution >= 0.6 is 0 Å². The van der Waals surface area contributed by atoms with Gasteiger partial charge in [0.15, 0.2) is 17.3 Å². The first-order valence-corrected chi connectivity index (χ1v) is 10.6. The minimum Gasteiger partial charge on any atom is -0.490 e. The van der Waals surface area contributed by atoms with E-state index in [1.807, 2.05) is 36.4 Å². The Morgan fingerprint density at radius 1 is 1.00 bits per heavy atom. The van der Waals surface area contributed by atoms with Gasteiger partial charge in [0.2, 0.25) is 0 Å². The van der Waals surface area contributed by atoms with Crippen LogP contribution in [0.3, 0.4) is 0 Å². The largest absolute Gasteiger partial charge is 0.490 e. The van der Waals surface area contributed by atoms with Gasteiger partial charge in [0.05, 0.1) is 18.8 Å². The molecule has 4 heteroatoms. The monoisotopic (exact) mass is 379 g/mol. The Morgan fingerprint density at radius 3 is 2.64 bits per heavy atom. The van der Waals surface area contributed by atoms with E-state index in [1.54, 1.807) is 0 Å². The Morgan fingerprint density at radius 2 is 1.86 bits per heavy atom. The van der Waals surface area contributed by atoms with Crippen LogP contribution in [-0.2, 0) is 0 Å². The van der Waals surface area contributed by atoms with Gasteiger partial charge in [-0.3, -0.25) is 4.79 Å². The van der Waals surface area contributed by atoms with Crippen molar-refractivity contribution in [3.05, 3.63) is 47.5 Å². The van der Waals surface area contributed by atoms with Crippen molar-refractivity contribution in [3.8, 4) is 22.6 Å². The molecule has 1 N–H and O–H groups in total. The van der Waals surface area contributed by atoms with Crippen molar-refractivity contribution in [2.24, 2.45) is 0 Å². The lowest BCUT2D eigenvalue weighted by Crippen LogP contribution is -2.35. The van der Waals surface area contributed by atoms with Crippen LogP contribution in [0.5, 0.6) is 11.5 Å². The van der Waals surface area contributed by atoms with Gasteiger partial charge >= 0.3 is 0 Å². The number of benzene rings is 2. The van der Waals surface area contributed by atoms with E-state index < -0.39 is 0 Å². The highest BCUT2D eigenvalue weighted by Gasteiger charge is 2.32. The lowest BCUT2D eigenvalue weighted by molar-refractivity contribution is 0.103. The summed E-state index contributed by atoms with van der Waals surface area (Å²) in [4.78, 5) is 13.1. The van der Waals surface area contributed by atoms with E-state index in [4.69, 9.17) is 9.47 Å². The van der Waals surface area contributed by atoms with E-state index in [-0.39, 0.29) is 5.78 Å². The summed E-state index contributed by atoms with van der Waals surface area (Å²) in [5.41, 5.74) is 3.35. The van der Waals surface area contributed by atoms with Crippen molar-refractivity contribution in [3.63, 3.8) is 0 Å². The van der Waals surface area contributed by atoms with Gasteiger partial charge in [0.25, 0.3) is 0 Å². The Balaban J connectivity index is 1.59. The summed E-state index contributed by atoms with van der Waals surface area (Å²) in [5, 5.41) is 3.56. The quantitative estimate of drug-likeness (QED) is 0.560. The van der Waals surface area contributed by atoms with Crippen LogP contribution in [0.15, 0.2) is 36.4 Å². The number of carbonyl (C=O) groups is 1. The molecule has 0 amide bonds. The van der Waals surface area contributed by atoms with E-state index in [9.17, 15) is 4.79 Å². The molecule has 4 nitrogen and oxygen atoms in total. The summed E-state index contributed by atoms with van der Waals surface area (Å²) >= 11 is 0. The molecule has 2 aliphatic rings. The molecule has 0 saturated carbocycles. The van der Waals surface area contributed by atoms with Crippen molar-refractivity contribution in [2.75, 3.05) is 19.8 Å². The fourth-order valence-corrected chi connectivity index (χ4v) is 4.12. The normalized spacial score (nSPS) is 17.9. The molecule has 1 unspecified atom stereocenters. The first-order chi connectivity index (χ1) is 13.8. The standard InChI is InChI=1S/C24H29NO3/c1-2-3-15-27-21-12-11-19-18-9-4-5-10-20(18)23(26)22(19)24(21)28-16-13-17-8-6-7-14-25-17/h4-5,9-12,17,25H,2-3,6-8,13-16H2,1H3. The average molecular weight is 380 g/mol. The molecule has 1 atom stereocenters. The number of piperidine rings is 1. The molecule has 1 aliphatic heterocycles. The fraction of sp³-hybridized carbons (Fsp3) is 0.458. The summed E-state index contributed by atoms with van der Waals surface area (Å²) in [6.45, 7) is 4.45. The van der Waals surface area contributed by atoms with Gasteiger partial charge in [-0.2, -0.15) is 0 Å². The maximum Gasteiger partial charge on any atom is 0.198 e. The van der Waals surface area contributed by atoms with E-state index in [0.717, 1.165) is 42.5 Å². The second kappa shape index (κ2) is 8.78. The Hall–Kier alpha value is -2.33. The fourth-order valence-electron chi connectivity index (χ4n) is 4.12. The third-order valence-corrected chi connectivity index (χ3v) is 5.69. The Kier molecular flexibility index (Phi) is 5.96. The molecule has 0 spiro atoms. The number of rotatable bonds is 8. The lowest BCUT2D eigenvalue weighted by Gasteiger charge is -2.24. The SMILES string of the molecule is CCCCOc1ccc2c(c1OCCC1CCCCN1)C(=O)c1ccccc1-2. The summed E-state index contributed by atoms with van der Waals surface area (Å²) in [7, 11) is 0. The van der Waals surface area contributed by atoms with Crippen molar-refractivity contribution < 1.29 is 14.3 Å². The van der Waals surface area contributed by atoms with Gasteiger partial charge in [-0.05, 0) is 55.5 Å². The first-order valence-electron chi connectivity index (χ1n) is 10.6. The number of unbranched alkanes of at least 4 members (excludes halogenated alkanes) is 1. The van der Waals surface area contributed by atoms with E-state index in [2.05, 4.69) is 12.2 Å². The van der Waals surface area contributed by atoms with Gasteiger partial charge in [0.1, 0.15) is 0 Å². The molecule has 1 heterocycles. The molecule has 2 aromatic rings. The number of fused-ring (bicyclic) bond motifs is 3. The van der Waals surface area contributed by atoms with Crippen molar-refractivity contribution in [2.45, 2.75) is 51.5 Å². The maximum atomic E-state index is 13.1. The van der Waals surface area contributed by atoms with Gasteiger partial charge in [-0.15, -0.1) is 0 Å². The van der Waals surface area contributed by atoms with Crippen LogP contribution in [0.1, 0.15) is 61.4 Å². The summed E-state index contributed by atoms with van der Waals surface area (Å²) in [5.74, 6) is 1.34. The minimum atomic E-state index is 0.0392.